The number of nitrogens with one attached hydrogen (secondary N) is 1. The van der Waals surface area contributed by atoms with Crippen molar-refractivity contribution in [2.75, 3.05) is 19.4 Å². The second kappa shape index (κ2) is 7.25. The zero-order chi connectivity index (χ0) is 17.7. The average molecular weight is 338 g/mol. The third-order valence-corrected chi connectivity index (χ3v) is 3.16. The highest BCUT2D eigenvalue weighted by molar-refractivity contribution is 5.94. The molecule has 0 aliphatic heterocycles. The van der Waals surface area contributed by atoms with Gasteiger partial charge in [-0.05, 0) is 42.0 Å². The van der Waals surface area contributed by atoms with Gasteiger partial charge in [0.15, 0.2) is 0 Å². The fourth-order valence-corrected chi connectivity index (χ4v) is 2.05. The van der Waals surface area contributed by atoms with E-state index in [0.717, 1.165) is 5.56 Å². The molecule has 4 nitrogen and oxygen atoms in total. The van der Waals surface area contributed by atoms with Gasteiger partial charge in [-0.2, -0.15) is 0 Å². The zero-order valence-electron chi connectivity index (χ0n) is 13.2. The molecule has 0 heterocycles. The Labute approximate surface area is 137 Å². The van der Waals surface area contributed by atoms with Crippen LogP contribution in [0.25, 0.3) is 0 Å². The van der Waals surface area contributed by atoms with E-state index in [1.807, 2.05) is 6.07 Å². The summed E-state index contributed by atoms with van der Waals surface area (Å²) in [5.74, 6) is -0.364. The van der Waals surface area contributed by atoms with Gasteiger partial charge in [0.05, 0.1) is 0 Å². The SMILES string of the molecule is CN(C)C(=O)c1cccc(CNc2ccc(OC(F)(F)F)cc2)c1. The molecule has 128 valence electrons. The molecule has 0 aliphatic carbocycles. The van der Waals surface area contributed by atoms with Gasteiger partial charge >= 0.3 is 6.36 Å². The number of benzene rings is 2. The van der Waals surface area contributed by atoms with Gasteiger partial charge in [-0.3, -0.25) is 4.79 Å². The Kier molecular flexibility index (Phi) is 5.33. The topological polar surface area (TPSA) is 41.6 Å². The minimum absolute atomic E-state index is 0.0921. The van der Waals surface area contributed by atoms with E-state index in [0.29, 0.717) is 17.8 Å². The Morgan fingerprint density at radius 2 is 1.79 bits per heavy atom. The molecule has 0 radical (unpaired) electrons. The summed E-state index contributed by atoms with van der Waals surface area (Å²) in [5, 5.41) is 3.08. The monoisotopic (exact) mass is 338 g/mol. The van der Waals surface area contributed by atoms with Crippen molar-refractivity contribution in [1.82, 2.24) is 4.90 Å². The highest BCUT2D eigenvalue weighted by Crippen LogP contribution is 2.24. The van der Waals surface area contributed by atoms with Crippen molar-refractivity contribution in [2.24, 2.45) is 0 Å². The van der Waals surface area contributed by atoms with Crippen LogP contribution < -0.4 is 10.1 Å². The number of hydrogen-bond acceptors (Lipinski definition) is 3. The Bertz CT molecular complexity index is 698. The van der Waals surface area contributed by atoms with Crippen molar-refractivity contribution >= 4 is 11.6 Å². The van der Waals surface area contributed by atoms with E-state index in [2.05, 4.69) is 10.1 Å². The normalized spacial score (nSPS) is 11.0. The summed E-state index contributed by atoms with van der Waals surface area (Å²) in [7, 11) is 3.36. The van der Waals surface area contributed by atoms with Gasteiger partial charge in [0, 0.05) is 31.9 Å². The molecule has 2 rings (SSSR count). The molecule has 0 unspecified atom stereocenters. The molecular weight excluding hydrogens is 321 g/mol. The van der Waals surface area contributed by atoms with Crippen LogP contribution in [0.4, 0.5) is 18.9 Å². The molecule has 7 heteroatoms. The maximum absolute atomic E-state index is 12.1. The molecule has 0 fully saturated rings. The maximum Gasteiger partial charge on any atom is 0.573 e. The van der Waals surface area contributed by atoms with Gasteiger partial charge in [-0.1, -0.05) is 12.1 Å². The Morgan fingerprint density at radius 1 is 1.12 bits per heavy atom. The molecule has 0 spiro atoms. The number of nitrogens with zero attached hydrogens (tertiary/aromatic N) is 1. The predicted octanol–water partition coefficient (Wildman–Crippen LogP) is 3.90. The van der Waals surface area contributed by atoms with Crippen LogP contribution in [-0.2, 0) is 6.54 Å². The number of amides is 1. The Morgan fingerprint density at radius 3 is 2.38 bits per heavy atom. The van der Waals surface area contributed by atoms with Crippen LogP contribution >= 0.6 is 0 Å². The number of carbonyl (C=O) groups is 1. The third kappa shape index (κ3) is 5.19. The van der Waals surface area contributed by atoms with Crippen LogP contribution in [0.5, 0.6) is 5.75 Å². The van der Waals surface area contributed by atoms with Crippen molar-refractivity contribution < 1.29 is 22.7 Å². The van der Waals surface area contributed by atoms with Crippen LogP contribution in [0, 0.1) is 0 Å². The van der Waals surface area contributed by atoms with Gasteiger partial charge < -0.3 is 15.0 Å². The number of ether oxygens (including phenoxy) is 1. The summed E-state index contributed by atoms with van der Waals surface area (Å²) in [5.41, 5.74) is 2.11. The number of halogens is 3. The number of alkyl halides is 3. The van der Waals surface area contributed by atoms with E-state index in [1.54, 1.807) is 32.3 Å². The smallest absolute Gasteiger partial charge is 0.406 e. The van der Waals surface area contributed by atoms with Gasteiger partial charge in [-0.15, -0.1) is 13.2 Å². The minimum atomic E-state index is -4.70. The fourth-order valence-electron chi connectivity index (χ4n) is 2.05. The zero-order valence-corrected chi connectivity index (χ0v) is 13.2. The van der Waals surface area contributed by atoms with E-state index in [9.17, 15) is 18.0 Å². The maximum atomic E-state index is 12.1. The summed E-state index contributed by atoms with van der Waals surface area (Å²) in [6.07, 6.45) is -4.70. The largest absolute Gasteiger partial charge is 0.573 e. The quantitative estimate of drug-likeness (QED) is 0.899. The van der Waals surface area contributed by atoms with Crippen LogP contribution in [0.2, 0.25) is 0 Å². The van der Waals surface area contributed by atoms with Gasteiger partial charge in [-0.25, -0.2) is 0 Å². The predicted molar refractivity (Wildman–Crippen MR) is 84.9 cm³/mol. The first kappa shape index (κ1) is 17.7. The van der Waals surface area contributed by atoms with Crippen LogP contribution in [0.15, 0.2) is 48.5 Å². The van der Waals surface area contributed by atoms with Gasteiger partial charge in [0.25, 0.3) is 5.91 Å². The molecule has 0 bridgehead atoms. The van der Waals surface area contributed by atoms with Crippen molar-refractivity contribution in [1.29, 1.82) is 0 Å². The van der Waals surface area contributed by atoms with Crippen molar-refractivity contribution in [3.8, 4) is 5.75 Å². The van der Waals surface area contributed by atoms with Crippen molar-refractivity contribution in [3.63, 3.8) is 0 Å². The lowest BCUT2D eigenvalue weighted by atomic mass is 10.1. The Hall–Kier alpha value is -2.70. The van der Waals surface area contributed by atoms with Crippen LogP contribution in [0.1, 0.15) is 15.9 Å². The van der Waals surface area contributed by atoms with E-state index < -0.39 is 6.36 Å². The second-order valence-electron chi connectivity index (χ2n) is 5.33. The standard InChI is InChI=1S/C17H17F3N2O2/c1-22(2)16(23)13-5-3-4-12(10-13)11-21-14-6-8-15(9-7-14)24-17(18,19)20/h3-10,21H,11H2,1-2H3. The van der Waals surface area contributed by atoms with Crippen LogP contribution in [-0.4, -0.2) is 31.3 Å². The van der Waals surface area contributed by atoms with E-state index in [1.165, 1.54) is 29.2 Å². The van der Waals surface area contributed by atoms with Crippen molar-refractivity contribution in [3.05, 3.63) is 59.7 Å². The summed E-state index contributed by atoms with van der Waals surface area (Å²) >= 11 is 0. The fraction of sp³-hybridized carbons (Fsp3) is 0.235. The molecular formula is C17H17F3N2O2. The van der Waals surface area contributed by atoms with E-state index >= 15 is 0 Å². The first-order valence-electron chi connectivity index (χ1n) is 7.15. The van der Waals surface area contributed by atoms with Gasteiger partial charge in [0.2, 0.25) is 0 Å². The lowest BCUT2D eigenvalue weighted by Crippen LogP contribution is -2.21. The van der Waals surface area contributed by atoms with Crippen LogP contribution in [0.3, 0.4) is 0 Å². The first-order valence-corrected chi connectivity index (χ1v) is 7.15. The molecule has 0 saturated heterocycles. The molecule has 24 heavy (non-hydrogen) atoms. The molecule has 0 aliphatic rings. The number of anilines is 1. The lowest BCUT2D eigenvalue weighted by Gasteiger charge is -2.12. The summed E-state index contributed by atoms with van der Waals surface area (Å²) < 4.78 is 40.1. The highest BCUT2D eigenvalue weighted by Gasteiger charge is 2.30. The molecule has 1 N–H and O–H groups in total. The van der Waals surface area contributed by atoms with Crippen molar-refractivity contribution in [2.45, 2.75) is 12.9 Å². The summed E-state index contributed by atoms with van der Waals surface area (Å²) in [6.45, 7) is 0.439. The third-order valence-electron chi connectivity index (χ3n) is 3.16. The number of hydrogen-bond donors (Lipinski definition) is 1. The molecule has 2 aromatic rings. The summed E-state index contributed by atoms with van der Waals surface area (Å²) in [6, 6.07) is 12.6. The molecule has 1 amide bonds. The molecule has 0 saturated carbocycles. The average Bonchev–Trinajstić information content (AvgIpc) is 2.52. The Balaban J connectivity index is 1.98. The minimum Gasteiger partial charge on any atom is -0.406 e. The van der Waals surface area contributed by atoms with E-state index in [-0.39, 0.29) is 11.7 Å². The number of rotatable bonds is 5. The number of carbonyl (C=O) groups excluding carboxylic acids is 1. The first-order chi connectivity index (χ1) is 11.2. The molecule has 0 atom stereocenters. The van der Waals surface area contributed by atoms with Gasteiger partial charge in [0.1, 0.15) is 5.75 Å². The lowest BCUT2D eigenvalue weighted by molar-refractivity contribution is -0.274. The van der Waals surface area contributed by atoms with E-state index in [4.69, 9.17) is 0 Å². The molecule has 2 aromatic carbocycles. The molecule has 0 aromatic heterocycles. The summed E-state index contributed by atoms with van der Waals surface area (Å²) in [4.78, 5) is 13.4. The second-order valence-corrected chi connectivity index (χ2v) is 5.33. The highest BCUT2D eigenvalue weighted by atomic mass is 19.4.